The number of hydrogen-bond acceptors (Lipinski definition) is 3. The lowest BCUT2D eigenvalue weighted by Crippen LogP contribution is -2.40. The third-order valence-electron chi connectivity index (χ3n) is 3.20. The van der Waals surface area contributed by atoms with E-state index in [0.717, 1.165) is 26.1 Å². The van der Waals surface area contributed by atoms with Crippen LogP contribution in [-0.4, -0.2) is 30.3 Å². The molecule has 0 aliphatic carbocycles. The van der Waals surface area contributed by atoms with E-state index < -0.39 is 11.4 Å². The second-order valence-electron chi connectivity index (χ2n) is 5.01. The first-order valence-electron chi connectivity index (χ1n) is 5.50. The summed E-state index contributed by atoms with van der Waals surface area (Å²) in [5, 5.41) is 9.01. The summed E-state index contributed by atoms with van der Waals surface area (Å²) in [4.78, 5) is 11.0. The first kappa shape index (κ1) is 12.5. The Morgan fingerprint density at radius 3 is 2.53 bits per heavy atom. The lowest BCUT2D eigenvalue weighted by atomic mass is 9.79. The van der Waals surface area contributed by atoms with Crippen LogP contribution in [0, 0.1) is 11.3 Å². The average molecular weight is 215 g/mol. The summed E-state index contributed by atoms with van der Waals surface area (Å²) < 4.78 is 5.26. The molecule has 0 aromatic heterocycles. The quantitative estimate of drug-likeness (QED) is 0.740. The van der Waals surface area contributed by atoms with Gasteiger partial charge in [-0.2, -0.15) is 0 Å². The fourth-order valence-electron chi connectivity index (χ4n) is 1.99. The Kier molecular flexibility index (Phi) is 4.11. The summed E-state index contributed by atoms with van der Waals surface area (Å²) in [7, 11) is 0. The maximum atomic E-state index is 11.0. The Balaban J connectivity index is 2.46. The van der Waals surface area contributed by atoms with Gasteiger partial charge in [-0.15, -0.1) is 0 Å². The summed E-state index contributed by atoms with van der Waals surface area (Å²) in [5.74, 6) is -0.359. The van der Waals surface area contributed by atoms with Crippen LogP contribution in [0.2, 0.25) is 0 Å². The van der Waals surface area contributed by atoms with Crippen LogP contribution in [0.5, 0.6) is 0 Å². The summed E-state index contributed by atoms with van der Waals surface area (Å²) in [6, 6.07) is -0.0278. The molecule has 15 heavy (non-hydrogen) atoms. The van der Waals surface area contributed by atoms with Crippen molar-refractivity contribution in [1.29, 1.82) is 0 Å². The number of hydrogen-bond donors (Lipinski definition) is 2. The molecule has 0 aromatic rings. The summed E-state index contributed by atoms with van der Waals surface area (Å²) in [6.45, 7) is 4.97. The number of carboxylic acids is 1. The Labute approximate surface area is 90.8 Å². The number of carbonyl (C=O) groups is 1. The van der Waals surface area contributed by atoms with Crippen molar-refractivity contribution in [3.8, 4) is 0 Å². The molecule has 3 N–H and O–H groups in total. The molecule has 1 saturated heterocycles. The second-order valence-corrected chi connectivity index (χ2v) is 5.01. The zero-order valence-electron chi connectivity index (χ0n) is 9.53. The first-order valence-corrected chi connectivity index (χ1v) is 5.50. The van der Waals surface area contributed by atoms with Crippen LogP contribution >= 0.6 is 0 Å². The van der Waals surface area contributed by atoms with Gasteiger partial charge in [0, 0.05) is 19.3 Å². The zero-order chi connectivity index (χ0) is 11.5. The molecule has 1 unspecified atom stereocenters. The lowest BCUT2D eigenvalue weighted by Gasteiger charge is -2.31. The van der Waals surface area contributed by atoms with Crippen molar-refractivity contribution < 1.29 is 14.6 Å². The van der Waals surface area contributed by atoms with Gasteiger partial charge in [-0.3, -0.25) is 4.79 Å². The number of carboxylic acid groups (broad SMARTS) is 1. The van der Waals surface area contributed by atoms with Crippen molar-refractivity contribution in [3.63, 3.8) is 0 Å². The fraction of sp³-hybridized carbons (Fsp3) is 0.909. The molecule has 1 fully saturated rings. The fourth-order valence-corrected chi connectivity index (χ4v) is 1.99. The van der Waals surface area contributed by atoms with E-state index in [9.17, 15) is 4.79 Å². The van der Waals surface area contributed by atoms with Crippen molar-refractivity contribution in [2.75, 3.05) is 13.2 Å². The molecule has 1 rings (SSSR count). The highest BCUT2D eigenvalue weighted by molar-refractivity contribution is 5.73. The maximum Gasteiger partial charge on any atom is 0.309 e. The molecule has 0 spiro atoms. The molecular weight excluding hydrogens is 194 g/mol. The van der Waals surface area contributed by atoms with Gasteiger partial charge in [0.1, 0.15) is 0 Å². The molecule has 0 radical (unpaired) electrons. The van der Waals surface area contributed by atoms with Gasteiger partial charge in [-0.1, -0.05) is 0 Å². The molecule has 1 atom stereocenters. The molecule has 1 aliphatic rings. The molecule has 0 amide bonds. The van der Waals surface area contributed by atoms with E-state index in [2.05, 4.69) is 0 Å². The van der Waals surface area contributed by atoms with E-state index in [1.807, 2.05) is 0 Å². The number of rotatable bonds is 4. The van der Waals surface area contributed by atoms with Crippen LogP contribution in [0.4, 0.5) is 0 Å². The maximum absolute atomic E-state index is 11.0. The summed E-state index contributed by atoms with van der Waals surface area (Å²) >= 11 is 0. The average Bonchev–Trinajstić information content (AvgIpc) is 2.18. The Morgan fingerprint density at radius 2 is 2.07 bits per heavy atom. The molecule has 0 bridgehead atoms. The number of aliphatic carboxylic acids is 1. The highest BCUT2D eigenvalue weighted by atomic mass is 16.5. The predicted molar refractivity (Wildman–Crippen MR) is 57.6 cm³/mol. The third-order valence-corrected chi connectivity index (χ3v) is 3.20. The third kappa shape index (κ3) is 3.47. The van der Waals surface area contributed by atoms with Gasteiger partial charge >= 0.3 is 5.97 Å². The molecule has 4 heteroatoms. The van der Waals surface area contributed by atoms with Crippen molar-refractivity contribution in [1.82, 2.24) is 0 Å². The van der Waals surface area contributed by atoms with E-state index in [1.165, 1.54) is 0 Å². The van der Waals surface area contributed by atoms with Crippen LogP contribution < -0.4 is 5.73 Å². The van der Waals surface area contributed by atoms with Gasteiger partial charge in [-0.25, -0.2) is 0 Å². The molecule has 1 aliphatic heterocycles. The van der Waals surface area contributed by atoms with E-state index >= 15 is 0 Å². The largest absolute Gasteiger partial charge is 0.481 e. The lowest BCUT2D eigenvalue weighted by molar-refractivity contribution is -0.147. The molecule has 88 valence electrons. The smallest absolute Gasteiger partial charge is 0.309 e. The van der Waals surface area contributed by atoms with Gasteiger partial charge in [0.2, 0.25) is 0 Å². The summed E-state index contributed by atoms with van der Waals surface area (Å²) in [5.41, 5.74) is 5.33. The molecule has 4 nitrogen and oxygen atoms in total. The van der Waals surface area contributed by atoms with Crippen molar-refractivity contribution in [2.24, 2.45) is 17.1 Å². The van der Waals surface area contributed by atoms with Crippen LogP contribution in [0.25, 0.3) is 0 Å². The van der Waals surface area contributed by atoms with E-state index in [4.69, 9.17) is 15.6 Å². The van der Waals surface area contributed by atoms with Gasteiger partial charge < -0.3 is 15.6 Å². The van der Waals surface area contributed by atoms with Gasteiger partial charge in [0.25, 0.3) is 0 Å². The van der Waals surface area contributed by atoms with E-state index in [1.54, 1.807) is 13.8 Å². The predicted octanol–water partition coefficient (Wildman–Crippen LogP) is 1.24. The van der Waals surface area contributed by atoms with Crippen molar-refractivity contribution >= 4 is 5.97 Å². The van der Waals surface area contributed by atoms with Gasteiger partial charge in [-0.05, 0) is 39.0 Å². The van der Waals surface area contributed by atoms with E-state index in [0.29, 0.717) is 12.3 Å². The van der Waals surface area contributed by atoms with Gasteiger partial charge in [0.05, 0.1) is 5.41 Å². The van der Waals surface area contributed by atoms with Crippen molar-refractivity contribution in [3.05, 3.63) is 0 Å². The molecule has 1 heterocycles. The second kappa shape index (κ2) is 4.94. The van der Waals surface area contributed by atoms with Crippen LogP contribution in [0.3, 0.4) is 0 Å². The van der Waals surface area contributed by atoms with Crippen LogP contribution in [0.1, 0.15) is 33.1 Å². The Morgan fingerprint density at radius 1 is 1.53 bits per heavy atom. The van der Waals surface area contributed by atoms with E-state index in [-0.39, 0.29) is 6.04 Å². The molecule has 0 saturated carbocycles. The van der Waals surface area contributed by atoms with Crippen molar-refractivity contribution in [2.45, 2.75) is 39.2 Å². The standard InChI is InChI=1S/C11H21NO3/c1-11(2,10(13)14)7-9(12)8-3-5-15-6-4-8/h8-9H,3-7,12H2,1-2H3,(H,13,14). The zero-order valence-corrected chi connectivity index (χ0v) is 9.53. The van der Waals surface area contributed by atoms with Crippen LogP contribution in [-0.2, 0) is 9.53 Å². The van der Waals surface area contributed by atoms with Crippen LogP contribution in [0.15, 0.2) is 0 Å². The molecular formula is C11H21NO3. The Hall–Kier alpha value is -0.610. The Bertz CT molecular complexity index is 222. The first-order chi connectivity index (χ1) is 6.93. The van der Waals surface area contributed by atoms with Gasteiger partial charge in [0.15, 0.2) is 0 Å². The highest BCUT2D eigenvalue weighted by Gasteiger charge is 2.32. The molecule has 0 aromatic carbocycles. The minimum atomic E-state index is -0.773. The summed E-state index contributed by atoms with van der Waals surface area (Å²) in [6.07, 6.45) is 2.45. The topological polar surface area (TPSA) is 72.5 Å². The highest BCUT2D eigenvalue weighted by Crippen LogP contribution is 2.28. The normalized spacial score (nSPS) is 21.3. The number of ether oxygens (including phenoxy) is 1. The number of nitrogens with two attached hydrogens (primary N) is 1. The SMILES string of the molecule is CC(C)(CC(N)C1CCOCC1)C(=O)O. The minimum absolute atomic E-state index is 0.0278. The minimum Gasteiger partial charge on any atom is -0.481 e. The monoisotopic (exact) mass is 215 g/mol.